The van der Waals surface area contributed by atoms with Crippen molar-refractivity contribution in [1.82, 2.24) is 4.72 Å². The summed E-state index contributed by atoms with van der Waals surface area (Å²) >= 11 is 6.97. The van der Waals surface area contributed by atoms with Crippen LogP contribution < -0.4 is 4.72 Å². The average Bonchev–Trinajstić information content (AvgIpc) is 3.04. The fourth-order valence-electron chi connectivity index (χ4n) is 2.19. The van der Waals surface area contributed by atoms with E-state index in [0.717, 1.165) is 11.3 Å². The molecule has 1 aromatic heterocycles. The summed E-state index contributed by atoms with van der Waals surface area (Å²) in [5.41, 5.74) is 0.493. The van der Waals surface area contributed by atoms with Crippen LogP contribution in [0, 0.1) is 0 Å². The third-order valence-corrected chi connectivity index (χ3v) is 8.69. The lowest BCUT2D eigenvalue weighted by molar-refractivity contribution is 0.569. The Balaban J connectivity index is 2.37. The molecule has 9 heteroatoms. The minimum absolute atomic E-state index is 0.0423. The van der Waals surface area contributed by atoms with Crippen molar-refractivity contribution in [3.63, 3.8) is 0 Å². The SMILES string of the molecule is CCCS(=O)(=O)NC[C@@H](c1ccc(Cl)cc1)S(=O)(=O)c1cccs1. The number of nitrogens with one attached hydrogen (secondary N) is 1. The molecule has 1 aromatic carbocycles. The van der Waals surface area contributed by atoms with Crippen molar-refractivity contribution in [2.75, 3.05) is 12.3 Å². The smallest absolute Gasteiger partial charge is 0.211 e. The van der Waals surface area contributed by atoms with Gasteiger partial charge < -0.3 is 0 Å². The lowest BCUT2D eigenvalue weighted by Crippen LogP contribution is -2.33. The third kappa shape index (κ3) is 4.80. The monoisotopic (exact) mass is 407 g/mol. The van der Waals surface area contributed by atoms with Crippen LogP contribution in [0.2, 0.25) is 5.02 Å². The topological polar surface area (TPSA) is 80.3 Å². The van der Waals surface area contributed by atoms with Gasteiger partial charge in [0.1, 0.15) is 9.46 Å². The Kier molecular flexibility index (Phi) is 6.44. The molecule has 5 nitrogen and oxygen atoms in total. The Morgan fingerprint density at radius 2 is 1.79 bits per heavy atom. The minimum Gasteiger partial charge on any atom is -0.222 e. The first kappa shape index (κ1) is 19.4. The third-order valence-electron chi connectivity index (χ3n) is 3.35. The lowest BCUT2D eigenvalue weighted by atomic mass is 10.1. The number of halogens is 1. The summed E-state index contributed by atoms with van der Waals surface area (Å²) < 4.78 is 52.2. The fourth-order valence-corrected chi connectivity index (χ4v) is 6.39. The van der Waals surface area contributed by atoms with E-state index in [9.17, 15) is 16.8 Å². The van der Waals surface area contributed by atoms with Crippen LogP contribution in [0.5, 0.6) is 0 Å². The van der Waals surface area contributed by atoms with E-state index >= 15 is 0 Å². The number of thiophene rings is 1. The van der Waals surface area contributed by atoms with Crippen molar-refractivity contribution >= 4 is 42.8 Å². The number of hydrogen-bond donors (Lipinski definition) is 1. The van der Waals surface area contributed by atoms with Gasteiger partial charge in [-0.1, -0.05) is 36.7 Å². The van der Waals surface area contributed by atoms with E-state index in [0.29, 0.717) is 17.0 Å². The van der Waals surface area contributed by atoms with E-state index < -0.39 is 25.1 Å². The quantitative estimate of drug-likeness (QED) is 0.728. The first-order chi connectivity index (χ1) is 11.3. The summed E-state index contributed by atoms with van der Waals surface area (Å²) in [7, 11) is -7.22. The molecule has 1 N–H and O–H groups in total. The van der Waals surface area contributed by atoms with Crippen LogP contribution in [0.3, 0.4) is 0 Å². The van der Waals surface area contributed by atoms with E-state index in [-0.39, 0.29) is 16.5 Å². The van der Waals surface area contributed by atoms with Crippen LogP contribution in [0.4, 0.5) is 0 Å². The van der Waals surface area contributed by atoms with Gasteiger partial charge >= 0.3 is 0 Å². The standard InChI is InChI=1S/C15H18ClNO4S3/c1-2-10-23(18,19)17-11-14(12-5-7-13(16)8-6-12)24(20,21)15-4-3-9-22-15/h3-9,14,17H,2,10-11H2,1H3/t14-/m0/s1. The van der Waals surface area contributed by atoms with Gasteiger partial charge in [0.25, 0.3) is 0 Å². The van der Waals surface area contributed by atoms with Gasteiger partial charge in [-0.3, -0.25) is 0 Å². The highest BCUT2D eigenvalue weighted by Crippen LogP contribution is 2.31. The predicted molar refractivity (Wildman–Crippen MR) is 97.8 cm³/mol. The molecule has 0 radical (unpaired) electrons. The van der Waals surface area contributed by atoms with Gasteiger partial charge in [-0.15, -0.1) is 11.3 Å². The number of benzene rings is 1. The van der Waals surface area contributed by atoms with Crippen LogP contribution in [0.25, 0.3) is 0 Å². The van der Waals surface area contributed by atoms with Gasteiger partial charge in [0, 0.05) is 11.6 Å². The van der Waals surface area contributed by atoms with Crippen LogP contribution in [0.15, 0.2) is 46.0 Å². The molecule has 0 saturated heterocycles. The zero-order chi connectivity index (χ0) is 17.8. The summed E-state index contributed by atoms with van der Waals surface area (Å²) in [6, 6.07) is 9.56. The van der Waals surface area contributed by atoms with Crippen LogP contribution in [-0.4, -0.2) is 29.1 Å². The molecule has 1 atom stereocenters. The van der Waals surface area contributed by atoms with Gasteiger partial charge in [-0.05, 0) is 35.6 Å². The second kappa shape index (κ2) is 7.97. The molecule has 0 fully saturated rings. The van der Waals surface area contributed by atoms with Crippen molar-refractivity contribution in [2.45, 2.75) is 22.8 Å². The second-order valence-corrected chi connectivity index (χ2v) is 10.9. The molecule has 24 heavy (non-hydrogen) atoms. The molecular formula is C15H18ClNO4S3. The van der Waals surface area contributed by atoms with Crippen molar-refractivity contribution in [3.8, 4) is 0 Å². The van der Waals surface area contributed by atoms with Gasteiger partial charge in [0.15, 0.2) is 9.84 Å². The van der Waals surface area contributed by atoms with Crippen molar-refractivity contribution in [3.05, 3.63) is 52.4 Å². The molecule has 0 unspecified atom stereocenters. The van der Waals surface area contributed by atoms with Gasteiger partial charge in [-0.2, -0.15) is 0 Å². The van der Waals surface area contributed by atoms with Crippen LogP contribution >= 0.6 is 22.9 Å². The van der Waals surface area contributed by atoms with Crippen molar-refractivity contribution in [2.24, 2.45) is 0 Å². The summed E-state index contributed by atoms with van der Waals surface area (Å²) in [5, 5.41) is 1.14. The van der Waals surface area contributed by atoms with E-state index in [1.165, 1.54) is 6.07 Å². The molecule has 0 aliphatic rings. The number of hydrogen-bond acceptors (Lipinski definition) is 5. The Morgan fingerprint density at radius 1 is 1.12 bits per heavy atom. The maximum atomic E-state index is 12.9. The Hall–Kier alpha value is -0.930. The average molecular weight is 408 g/mol. The normalized spacial score (nSPS) is 13.8. The molecular weight excluding hydrogens is 390 g/mol. The summed E-state index contributed by atoms with van der Waals surface area (Å²) in [5.74, 6) is -0.0423. The zero-order valence-corrected chi connectivity index (χ0v) is 16.2. The largest absolute Gasteiger partial charge is 0.222 e. The maximum absolute atomic E-state index is 12.9. The molecule has 0 spiro atoms. The molecule has 0 aliphatic heterocycles. The zero-order valence-electron chi connectivity index (χ0n) is 13.0. The van der Waals surface area contributed by atoms with Crippen molar-refractivity contribution in [1.29, 1.82) is 0 Å². The molecule has 0 amide bonds. The summed E-state index contributed by atoms with van der Waals surface area (Å²) in [6.45, 7) is 1.53. The highest BCUT2D eigenvalue weighted by atomic mass is 35.5. The van der Waals surface area contributed by atoms with E-state index in [4.69, 9.17) is 11.6 Å². The minimum atomic E-state index is -3.71. The molecule has 0 aliphatic carbocycles. The van der Waals surface area contributed by atoms with Crippen LogP contribution in [-0.2, 0) is 19.9 Å². The molecule has 2 aromatic rings. The number of rotatable bonds is 8. The van der Waals surface area contributed by atoms with E-state index in [2.05, 4.69) is 4.72 Å². The molecule has 132 valence electrons. The lowest BCUT2D eigenvalue weighted by Gasteiger charge is -2.18. The van der Waals surface area contributed by atoms with Gasteiger partial charge in [0.2, 0.25) is 10.0 Å². The number of sulfonamides is 1. The first-order valence-electron chi connectivity index (χ1n) is 7.26. The highest BCUT2D eigenvalue weighted by Gasteiger charge is 2.31. The first-order valence-corrected chi connectivity index (χ1v) is 11.7. The highest BCUT2D eigenvalue weighted by molar-refractivity contribution is 7.93. The Labute approximate surface area is 151 Å². The molecule has 2 rings (SSSR count). The van der Waals surface area contributed by atoms with E-state index in [1.54, 1.807) is 42.6 Å². The molecule has 1 heterocycles. The maximum Gasteiger partial charge on any atom is 0.211 e. The predicted octanol–water partition coefficient (Wildman–Crippen LogP) is 3.25. The summed E-state index contributed by atoms with van der Waals surface area (Å²) in [4.78, 5) is 0. The summed E-state index contributed by atoms with van der Waals surface area (Å²) in [6.07, 6.45) is 0.457. The van der Waals surface area contributed by atoms with Gasteiger partial charge in [-0.25, -0.2) is 21.6 Å². The molecule has 0 bridgehead atoms. The number of sulfone groups is 1. The van der Waals surface area contributed by atoms with Crippen molar-refractivity contribution < 1.29 is 16.8 Å². The fraction of sp³-hybridized carbons (Fsp3) is 0.333. The van der Waals surface area contributed by atoms with Crippen LogP contribution in [0.1, 0.15) is 24.2 Å². The molecule has 0 saturated carbocycles. The Morgan fingerprint density at radius 3 is 2.33 bits per heavy atom. The van der Waals surface area contributed by atoms with Gasteiger partial charge in [0.05, 0.1) is 5.75 Å². The second-order valence-electron chi connectivity index (χ2n) is 5.18. The van der Waals surface area contributed by atoms with E-state index in [1.807, 2.05) is 0 Å². The Bertz CT molecular complexity index is 860.